The van der Waals surface area contributed by atoms with Crippen LogP contribution in [-0.4, -0.2) is 52.7 Å². The Labute approximate surface area is 170 Å². The molecule has 2 aliphatic rings. The van der Waals surface area contributed by atoms with E-state index in [-0.39, 0.29) is 32.2 Å². The smallest absolute Gasteiger partial charge is 0.365 e. The van der Waals surface area contributed by atoms with Crippen LogP contribution in [0.4, 0.5) is 5.82 Å². The number of thioether (sulfide) groups is 1. The summed E-state index contributed by atoms with van der Waals surface area (Å²) in [4.78, 5) is 31.6. The second kappa shape index (κ2) is 8.63. The Hall–Kier alpha value is -1.90. The maximum atomic E-state index is 12.5. The molecule has 0 saturated carbocycles. The van der Waals surface area contributed by atoms with E-state index in [1.165, 1.54) is 16.7 Å². The van der Waals surface area contributed by atoms with Crippen molar-refractivity contribution in [1.29, 1.82) is 0 Å². The molecule has 1 saturated heterocycles. The van der Waals surface area contributed by atoms with Crippen LogP contribution < -0.4 is 5.73 Å². The summed E-state index contributed by atoms with van der Waals surface area (Å²) in [7, 11) is 5.01. The summed E-state index contributed by atoms with van der Waals surface area (Å²) in [6.07, 6.45) is -0.130. The van der Waals surface area contributed by atoms with Gasteiger partial charge in [0.15, 0.2) is 0 Å². The van der Waals surface area contributed by atoms with E-state index in [1.54, 1.807) is 13.0 Å². The van der Waals surface area contributed by atoms with Gasteiger partial charge in [-0.2, -0.15) is 0 Å². The quantitative estimate of drug-likeness (QED) is 0.393. The van der Waals surface area contributed by atoms with Crippen LogP contribution in [0, 0.1) is 11.8 Å². The van der Waals surface area contributed by atoms with Gasteiger partial charge in [-0.1, -0.05) is 13.0 Å². The molecule has 4 atom stereocenters. The average Bonchev–Trinajstić information content (AvgIpc) is 2.88. The van der Waals surface area contributed by atoms with Gasteiger partial charge in [0.1, 0.15) is 11.5 Å². The first-order chi connectivity index (χ1) is 13.4. The normalized spacial score (nSPS) is 25.0. The van der Waals surface area contributed by atoms with Gasteiger partial charge in [0.25, 0.3) is 7.98 Å². The molecule has 8 nitrogen and oxygen atoms in total. The standard InChI is InChI=1S/C17H20BN4O4PS/c1-8-13-12(9(2)23)16(24)22(13)14(17(25)26-27-21-18)15(8)28-7-6-10-4-3-5-11(19)20-10/h3-5,8-9,12-13,23H,6-7H2,1-2H3,(H2,19,20). The third kappa shape index (κ3) is 3.81. The summed E-state index contributed by atoms with van der Waals surface area (Å²) < 4.78 is 8.28. The van der Waals surface area contributed by atoms with E-state index in [2.05, 4.69) is 9.64 Å². The maximum Gasteiger partial charge on any atom is 0.365 e. The monoisotopic (exact) mass is 418 g/mol. The number of β-lactam (4-membered cyclic amide) rings is 1. The number of rotatable bonds is 7. The van der Waals surface area contributed by atoms with E-state index in [0.717, 1.165) is 10.6 Å². The van der Waals surface area contributed by atoms with E-state index in [0.29, 0.717) is 18.0 Å². The summed E-state index contributed by atoms with van der Waals surface area (Å²) in [5, 5.41) is 9.97. The summed E-state index contributed by atoms with van der Waals surface area (Å²) in [6.45, 7) is 3.54. The van der Waals surface area contributed by atoms with Gasteiger partial charge in [0, 0.05) is 22.3 Å². The average molecular weight is 418 g/mol. The molecule has 2 aliphatic heterocycles. The van der Waals surface area contributed by atoms with Crippen LogP contribution in [-0.2, 0) is 20.5 Å². The number of aryl methyl sites for hydroxylation is 1. The van der Waals surface area contributed by atoms with Crippen molar-refractivity contribution in [3.63, 3.8) is 0 Å². The number of fused-ring (bicyclic) bond motifs is 1. The van der Waals surface area contributed by atoms with Crippen LogP contribution in [0.15, 0.2) is 33.5 Å². The lowest BCUT2D eigenvalue weighted by Crippen LogP contribution is -2.63. The molecule has 3 rings (SSSR count). The van der Waals surface area contributed by atoms with E-state index in [1.807, 2.05) is 19.1 Å². The van der Waals surface area contributed by atoms with Crippen molar-refractivity contribution < 1.29 is 19.2 Å². The van der Waals surface area contributed by atoms with Crippen LogP contribution >= 0.6 is 20.4 Å². The zero-order chi connectivity index (χ0) is 20.4. The highest BCUT2D eigenvalue weighted by atomic mass is 32.2. The number of aliphatic hydroxyl groups excluding tert-OH is 1. The highest BCUT2D eigenvalue weighted by Gasteiger charge is 2.60. The zero-order valence-corrected chi connectivity index (χ0v) is 17.2. The molecule has 0 aliphatic carbocycles. The summed E-state index contributed by atoms with van der Waals surface area (Å²) in [5.74, 6) is -0.423. The third-order valence-electron chi connectivity index (χ3n) is 4.92. The van der Waals surface area contributed by atoms with Gasteiger partial charge in [-0.05, 0) is 25.5 Å². The molecule has 4 unspecified atom stereocenters. The number of amides is 1. The van der Waals surface area contributed by atoms with Gasteiger partial charge in [-0.15, -0.1) is 11.8 Å². The SMILES string of the molecule is [B]N=POC(=O)C1=C(SCCc2cccc(N)n2)C(C)C2C(C(C)O)C(=O)N12. The molecule has 3 N–H and O–H groups in total. The third-order valence-corrected chi connectivity index (χ3v) is 6.54. The lowest BCUT2D eigenvalue weighted by molar-refractivity contribution is -0.162. The molecule has 1 aromatic rings. The predicted molar refractivity (Wildman–Crippen MR) is 108 cm³/mol. The number of carbonyl (C=O) groups is 2. The molecule has 11 heteroatoms. The van der Waals surface area contributed by atoms with E-state index < -0.39 is 18.0 Å². The minimum atomic E-state index is -0.786. The van der Waals surface area contributed by atoms with Crippen molar-refractivity contribution in [2.75, 3.05) is 11.5 Å². The van der Waals surface area contributed by atoms with Crippen molar-refractivity contribution in [2.24, 2.45) is 16.5 Å². The van der Waals surface area contributed by atoms with Gasteiger partial charge < -0.3 is 24.9 Å². The number of aliphatic hydroxyl groups is 1. The van der Waals surface area contributed by atoms with Crippen molar-refractivity contribution in [3.05, 3.63) is 34.5 Å². The van der Waals surface area contributed by atoms with Crippen LogP contribution in [0.25, 0.3) is 0 Å². The minimum Gasteiger partial charge on any atom is -0.393 e. The number of nitrogens with two attached hydrogens (primary N) is 1. The molecule has 0 aromatic carbocycles. The van der Waals surface area contributed by atoms with Crippen LogP contribution in [0.3, 0.4) is 0 Å². The number of nitrogen functional groups attached to an aromatic ring is 1. The van der Waals surface area contributed by atoms with E-state index in [4.69, 9.17) is 18.2 Å². The maximum absolute atomic E-state index is 12.5. The highest BCUT2D eigenvalue weighted by Crippen LogP contribution is 2.50. The first kappa shape index (κ1) is 20.8. The summed E-state index contributed by atoms with van der Waals surface area (Å²) in [5.41, 5.74) is 6.78. The Kier molecular flexibility index (Phi) is 6.42. The lowest BCUT2D eigenvalue weighted by atomic mass is 9.79. The molecule has 2 radical (unpaired) electrons. The van der Waals surface area contributed by atoms with Gasteiger partial charge in [-0.3, -0.25) is 4.79 Å². The number of aromatic nitrogens is 1. The molecule has 0 bridgehead atoms. The summed E-state index contributed by atoms with van der Waals surface area (Å²) >= 11 is 1.48. The van der Waals surface area contributed by atoms with Crippen LogP contribution in [0.1, 0.15) is 19.5 Å². The lowest BCUT2D eigenvalue weighted by Gasteiger charge is -2.46. The second-order valence-electron chi connectivity index (χ2n) is 6.69. The Morgan fingerprint density at radius 2 is 2.32 bits per heavy atom. The fourth-order valence-electron chi connectivity index (χ4n) is 3.71. The number of hydrogen-bond donors (Lipinski definition) is 2. The van der Waals surface area contributed by atoms with Crippen molar-refractivity contribution in [2.45, 2.75) is 32.4 Å². The van der Waals surface area contributed by atoms with E-state index in [9.17, 15) is 14.7 Å². The Morgan fingerprint density at radius 3 is 2.96 bits per heavy atom. The minimum absolute atomic E-state index is 0.0346. The van der Waals surface area contributed by atoms with Gasteiger partial charge >= 0.3 is 5.97 Å². The molecule has 3 heterocycles. The molecule has 1 fully saturated rings. The molecular formula is C17H20BN4O4PS. The highest BCUT2D eigenvalue weighted by molar-refractivity contribution is 8.03. The number of anilines is 1. The number of pyridine rings is 1. The Morgan fingerprint density at radius 1 is 1.57 bits per heavy atom. The second-order valence-corrected chi connectivity index (χ2v) is 8.41. The predicted octanol–water partition coefficient (Wildman–Crippen LogP) is 1.68. The first-order valence-corrected chi connectivity index (χ1v) is 10.5. The fourth-order valence-corrected chi connectivity index (χ4v) is 5.17. The van der Waals surface area contributed by atoms with Crippen molar-refractivity contribution >= 4 is 46.0 Å². The molecule has 1 amide bonds. The Bertz CT molecular complexity index is 850. The van der Waals surface area contributed by atoms with Crippen molar-refractivity contribution in [3.8, 4) is 0 Å². The topological polar surface area (TPSA) is 118 Å². The van der Waals surface area contributed by atoms with Gasteiger partial charge in [0.05, 0.1) is 18.1 Å². The van der Waals surface area contributed by atoms with Crippen LogP contribution in [0.2, 0.25) is 0 Å². The van der Waals surface area contributed by atoms with Gasteiger partial charge in [-0.25, -0.2) is 9.78 Å². The summed E-state index contributed by atoms with van der Waals surface area (Å²) in [6, 6.07) is 5.20. The zero-order valence-electron chi connectivity index (χ0n) is 15.5. The van der Waals surface area contributed by atoms with Crippen molar-refractivity contribution in [1.82, 2.24) is 9.88 Å². The Balaban J connectivity index is 1.80. The fraction of sp³-hybridized carbons (Fsp3) is 0.471. The van der Waals surface area contributed by atoms with Crippen LogP contribution in [0.5, 0.6) is 0 Å². The largest absolute Gasteiger partial charge is 0.393 e. The van der Waals surface area contributed by atoms with E-state index >= 15 is 0 Å². The molecule has 28 heavy (non-hydrogen) atoms. The molecule has 146 valence electrons. The van der Waals surface area contributed by atoms with Gasteiger partial charge in [0.2, 0.25) is 14.5 Å². The molecule has 1 aromatic heterocycles. The number of nitrogens with zero attached hydrogens (tertiary/aromatic N) is 3. The number of carbonyl (C=O) groups excluding carboxylic acids is 2. The molecule has 0 spiro atoms. The number of hydrogen-bond acceptors (Lipinski definition) is 8. The first-order valence-electron chi connectivity index (χ1n) is 8.78. The molecular weight excluding hydrogens is 398 g/mol.